The average molecular weight is 527 g/mol. The standard InChI is InChI=1S/C24H30N8O4S/c1-28(10-11-30-7-4-3-5-8-30)24-19(13-20-17-27-31-9-6-18(16-25)12-22(20)31)14-21(32(33)34)15-23(24)37(35,36)29(2)26/h6,9,12-15,17,24H,3-5,7-8,10-11,26H2,1-2H3. The van der Waals surface area contributed by atoms with Crippen molar-refractivity contribution in [2.24, 2.45) is 5.84 Å². The zero-order valence-corrected chi connectivity index (χ0v) is 21.6. The van der Waals surface area contributed by atoms with Gasteiger partial charge in [0.25, 0.3) is 15.7 Å². The van der Waals surface area contributed by atoms with Crippen molar-refractivity contribution < 1.29 is 13.3 Å². The molecule has 1 atom stereocenters. The molecule has 3 heterocycles. The fraction of sp³-hybridized carbons (Fsp3) is 0.417. The van der Waals surface area contributed by atoms with Crippen LogP contribution in [0.15, 0.2) is 52.9 Å². The lowest BCUT2D eigenvalue weighted by Crippen LogP contribution is -2.46. The second kappa shape index (κ2) is 10.9. The van der Waals surface area contributed by atoms with Crippen molar-refractivity contribution in [1.29, 1.82) is 5.26 Å². The van der Waals surface area contributed by atoms with Crippen LogP contribution in [0.3, 0.4) is 0 Å². The highest BCUT2D eigenvalue weighted by molar-refractivity contribution is 7.93. The van der Waals surface area contributed by atoms with Crippen molar-refractivity contribution in [2.75, 3.05) is 40.3 Å². The maximum atomic E-state index is 13.3. The Kier molecular flexibility index (Phi) is 7.86. The van der Waals surface area contributed by atoms with E-state index in [2.05, 4.69) is 16.1 Å². The number of hydrazine groups is 1. The average Bonchev–Trinajstić information content (AvgIpc) is 3.28. The lowest BCUT2D eigenvalue weighted by atomic mass is 9.96. The molecule has 4 rings (SSSR count). The summed E-state index contributed by atoms with van der Waals surface area (Å²) in [6.45, 7) is 3.25. The highest BCUT2D eigenvalue weighted by Gasteiger charge is 2.38. The second-order valence-electron chi connectivity index (χ2n) is 9.28. The van der Waals surface area contributed by atoms with Gasteiger partial charge in [-0.05, 0) is 56.8 Å². The van der Waals surface area contributed by atoms with E-state index in [9.17, 15) is 23.8 Å². The largest absolute Gasteiger partial charge is 0.302 e. The van der Waals surface area contributed by atoms with Gasteiger partial charge in [-0.2, -0.15) is 10.4 Å². The monoisotopic (exact) mass is 526 g/mol. The van der Waals surface area contributed by atoms with E-state index in [0.29, 0.717) is 33.2 Å². The predicted octanol–water partition coefficient (Wildman–Crippen LogP) is 1.57. The van der Waals surface area contributed by atoms with Crippen molar-refractivity contribution in [1.82, 2.24) is 23.8 Å². The molecule has 2 N–H and O–H groups in total. The summed E-state index contributed by atoms with van der Waals surface area (Å²) in [6.07, 6.45) is 10.9. The summed E-state index contributed by atoms with van der Waals surface area (Å²) in [5, 5.41) is 25.4. The SMILES string of the molecule is CN(CCN1CCCCC1)C1C(=Cc2cnn3ccc(C#N)cc23)C=C([N+](=O)[O-])C=C1S(=O)(=O)N(C)N. The highest BCUT2D eigenvalue weighted by atomic mass is 32.2. The van der Waals surface area contributed by atoms with E-state index in [-0.39, 0.29) is 10.6 Å². The molecule has 0 amide bonds. The first-order chi connectivity index (χ1) is 17.6. The molecule has 2 aromatic rings. The van der Waals surface area contributed by atoms with Gasteiger partial charge in [0.15, 0.2) is 0 Å². The summed E-state index contributed by atoms with van der Waals surface area (Å²) in [4.78, 5) is 15.2. The molecule has 2 aliphatic rings. The minimum atomic E-state index is -4.20. The predicted molar refractivity (Wildman–Crippen MR) is 139 cm³/mol. The smallest absolute Gasteiger partial charge is 0.270 e. The Bertz CT molecular complexity index is 1430. The van der Waals surface area contributed by atoms with Gasteiger partial charge < -0.3 is 4.90 Å². The van der Waals surface area contributed by atoms with E-state index >= 15 is 0 Å². The highest BCUT2D eigenvalue weighted by Crippen LogP contribution is 2.33. The van der Waals surface area contributed by atoms with Crippen LogP contribution in [0.2, 0.25) is 0 Å². The van der Waals surface area contributed by atoms with Crippen LogP contribution in [0.5, 0.6) is 0 Å². The van der Waals surface area contributed by atoms with E-state index in [0.717, 1.165) is 38.6 Å². The number of nitro groups is 1. The molecule has 196 valence electrons. The molecule has 12 nitrogen and oxygen atoms in total. The molecule has 0 aromatic carbocycles. The van der Waals surface area contributed by atoms with Gasteiger partial charge in [-0.25, -0.2) is 12.9 Å². The number of hydrogen-bond acceptors (Lipinski definition) is 9. The number of allylic oxidation sites excluding steroid dienone is 1. The van der Waals surface area contributed by atoms with Gasteiger partial charge in [0.1, 0.15) is 0 Å². The fourth-order valence-corrected chi connectivity index (χ4v) is 5.93. The summed E-state index contributed by atoms with van der Waals surface area (Å²) in [6, 6.07) is 4.56. The molecule has 1 unspecified atom stereocenters. The third-order valence-electron chi connectivity index (χ3n) is 6.74. The molecular formula is C24H30N8O4S. The van der Waals surface area contributed by atoms with Crippen LogP contribution in [0, 0.1) is 21.4 Å². The molecule has 1 fully saturated rings. The minimum Gasteiger partial charge on any atom is -0.302 e. The summed E-state index contributed by atoms with van der Waals surface area (Å²) in [7, 11) is -1.20. The van der Waals surface area contributed by atoms with Crippen molar-refractivity contribution in [3.63, 3.8) is 0 Å². The Labute approximate surface area is 215 Å². The second-order valence-corrected chi connectivity index (χ2v) is 11.3. The number of fused-ring (bicyclic) bond motifs is 1. The van der Waals surface area contributed by atoms with E-state index in [1.807, 2.05) is 4.90 Å². The van der Waals surface area contributed by atoms with Crippen molar-refractivity contribution in [3.8, 4) is 6.07 Å². The van der Waals surface area contributed by atoms with Gasteiger partial charge in [-0.15, -0.1) is 4.41 Å². The number of nitrogens with two attached hydrogens (primary N) is 1. The normalized spacial score (nSPS) is 20.3. The zero-order valence-electron chi connectivity index (χ0n) is 20.8. The minimum absolute atomic E-state index is 0.173. The molecule has 1 saturated heterocycles. The molecule has 1 aliphatic carbocycles. The molecule has 1 aliphatic heterocycles. The van der Waals surface area contributed by atoms with Crippen LogP contribution in [0.25, 0.3) is 11.6 Å². The van der Waals surface area contributed by atoms with Gasteiger partial charge in [-0.3, -0.25) is 20.9 Å². The van der Waals surface area contributed by atoms with Crippen LogP contribution in [-0.4, -0.2) is 83.5 Å². The van der Waals surface area contributed by atoms with Gasteiger partial charge in [-0.1, -0.05) is 6.42 Å². The maximum Gasteiger partial charge on any atom is 0.270 e. The van der Waals surface area contributed by atoms with Gasteiger partial charge in [0.2, 0.25) is 0 Å². The lowest BCUT2D eigenvalue weighted by molar-refractivity contribution is -0.419. The summed E-state index contributed by atoms with van der Waals surface area (Å²) in [5.41, 5.74) is 1.70. The third-order valence-corrected chi connectivity index (χ3v) is 8.43. The molecule has 0 bridgehead atoms. The Balaban J connectivity index is 1.81. The van der Waals surface area contributed by atoms with Crippen LogP contribution in [-0.2, 0) is 10.0 Å². The van der Waals surface area contributed by atoms with Gasteiger partial charge in [0, 0.05) is 44.0 Å². The number of likely N-dealkylation sites (tertiary alicyclic amines) is 1. The van der Waals surface area contributed by atoms with Crippen molar-refractivity contribution >= 4 is 21.6 Å². The van der Waals surface area contributed by atoms with Crippen LogP contribution < -0.4 is 5.84 Å². The van der Waals surface area contributed by atoms with Crippen molar-refractivity contribution in [2.45, 2.75) is 25.3 Å². The fourth-order valence-electron chi connectivity index (χ4n) is 4.73. The third kappa shape index (κ3) is 5.63. The number of likely N-dealkylation sites (N-methyl/N-ethyl adjacent to an activating group) is 1. The first kappa shape index (κ1) is 26.6. The van der Waals surface area contributed by atoms with E-state index in [1.165, 1.54) is 19.5 Å². The maximum absolute atomic E-state index is 13.3. The quantitative estimate of drug-likeness (QED) is 0.307. The van der Waals surface area contributed by atoms with Crippen LogP contribution in [0.1, 0.15) is 30.4 Å². The summed E-state index contributed by atoms with van der Waals surface area (Å²) in [5.74, 6) is 5.69. The van der Waals surface area contributed by atoms with Crippen LogP contribution >= 0.6 is 0 Å². The Morgan fingerprint density at radius 3 is 2.68 bits per heavy atom. The number of hydrogen-bond donors (Lipinski definition) is 1. The Morgan fingerprint density at radius 2 is 2.03 bits per heavy atom. The van der Waals surface area contributed by atoms with Gasteiger partial charge >= 0.3 is 0 Å². The number of pyridine rings is 1. The number of aromatic nitrogens is 2. The lowest BCUT2D eigenvalue weighted by Gasteiger charge is -2.35. The van der Waals surface area contributed by atoms with E-state index in [1.54, 1.807) is 42.2 Å². The summed E-state index contributed by atoms with van der Waals surface area (Å²) >= 11 is 0. The van der Waals surface area contributed by atoms with E-state index in [4.69, 9.17) is 5.84 Å². The molecule has 0 spiro atoms. The number of rotatable bonds is 8. The summed E-state index contributed by atoms with van der Waals surface area (Å²) < 4.78 is 28.7. The number of nitriles is 1. The molecule has 0 saturated carbocycles. The first-order valence-electron chi connectivity index (χ1n) is 11.9. The van der Waals surface area contributed by atoms with Crippen LogP contribution in [0.4, 0.5) is 0 Å². The van der Waals surface area contributed by atoms with E-state index < -0.39 is 21.0 Å². The molecule has 2 aromatic heterocycles. The molecular weight excluding hydrogens is 496 g/mol. The number of sulfonamides is 1. The van der Waals surface area contributed by atoms with Gasteiger partial charge in [0.05, 0.1) is 39.2 Å². The number of piperidine rings is 1. The zero-order chi connectivity index (χ0) is 26.7. The first-order valence-corrected chi connectivity index (χ1v) is 13.4. The molecule has 13 heteroatoms. The molecule has 0 radical (unpaired) electrons. The van der Waals surface area contributed by atoms with Crippen molar-refractivity contribution in [3.05, 3.63) is 74.1 Å². The molecule has 37 heavy (non-hydrogen) atoms. The number of nitrogens with zero attached hydrogens (tertiary/aromatic N) is 7. The topological polar surface area (TPSA) is 154 Å². The Morgan fingerprint density at radius 1 is 1.30 bits per heavy atom. The Hall–Kier alpha value is -3.41.